The molecule has 0 unspecified atom stereocenters. The van der Waals surface area contributed by atoms with E-state index in [1.165, 1.54) is 6.20 Å². The molecule has 0 atom stereocenters. The van der Waals surface area contributed by atoms with E-state index in [2.05, 4.69) is 9.97 Å². The van der Waals surface area contributed by atoms with Crippen LogP contribution in [0, 0.1) is 6.92 Å². The Labute approximate surface area is 114 Å². The van der Waals surface area contributed by atoms with Crippen molar-refractivity contribution >= 4 is 30.6 Å². The molecule has 2 heterocycles. The van der Waals surface area contributed by atoms with Gasteiger partial charge in [-0.15, -0.1) is 0 Å². The number of nitrogens with one attached hydrogen (secondary N) is 1. The molecular weight excluding hydrogens is 286 g/mol. The fraction of sp³-hybridized carbons (Fsp3) is 0.0833. The van der Waals surface area contributed by atoms with E-state index in [0.717, 1.165) is 11.5 Å². The summed E-state index contributed by atoms with van der Waals surface area (Å²) in [6, 6.07) is 5.39. The van der Waals surface area contributed by atoms with Gasteiger partial charge in [-0.2, -0.15) is 0 Å². The summed E-state index contributed by atoms with van der Waals surface area (Å²) in [6.07, 6.45) is 4.92. The highest BCUT2D eigenvalue weighted by molar-refractivity contribution is 8.14. The highest BCUT2D eigenvalue weighted by Crippen LogP contribution is 2.29. The maximum absolute atomic E-state index is 11.5. The Hall–Kier alpha value is -1.79. The monoisotopic (exact) mass is 295 g/mol. The number of aromatic amines is 1. The average molecular weight is 296 g/mol. The predicted octanol–water partition coefficient (Wildman–Crippen LogP) is 2.59. The standard InChI is InChI=1S/C12H10ClN3O2S/c1-8-14-5-6-16(8)10-4-2-3-9-11(19(13,17)18)7-15-12(9)10/h2-7,15H,1H3. The van der Waals surface area contributed by atoms with Crippen molar-refractivity contribution in [2.75, 3.05) is 0 Å². The molecule has 0 radical (unpaired) electrons. The number of hydrogen-bond donors (Lipinski definition) is 1. The molecule has 0 bridgehead atoms. The molecule has 1 aromatic carbocycles. The Morgan fingerprint density at radius 1 is 1.37 bits per heavy atom. The minimum absolute atomic E-state index is 0.0868. The molecule has 1 N–H and O–H groups in total. The highest BCUT2D eigenvalue weighted by atomic mass is 35.7. The van der Waals surface area contributed by atoms with Crippen LogP contribution < -0.4 is 0 Å². The molecule has 2 aromatic heterocycles. The van der Waals surface area contributed by atoms with Gasteiger partial charge in [0.25, 0.3) is 9.05 Å². The molecule has 19 heavy (non-hydrogen) atoms. The van der Waals surface area contributed by atoms with Crippen LogP contribution in [0.3, 0.4) is 0 Å². The zero-order valence-corrected chi connectivity index (χ0v) is 11.5. The lowest BCUT2D eigenvalue weighted by Gasteiger charge is -2.06. The van der Waals surface area contributed by atoms with Crippen molar-refractivity contribution in [1.82, 2.24) is 14.5 Å². The van der Waals surface area contributed by atoms with Gasteiger partial charge in [-0.1, -0.05) is 12.1 Å². The number of benzene rings is 1. The Balaban J connectivity index is 2.36. The number of aromatic nitrogens is 3. The van der Waals surface area contributed by atoms with Gasteiger partial charge in [-0.05, 0) is 13.0 Å². The minimum atomic E-state index is -3.77. The van der Waals surface area contributed by atoms with E-state index in [0.29, 0.717) is 10.9 Å². The molecule has 0 aliphatic carbocycles. The first kappa shape index (κ1) is 12.3. The summed E-state index contributed by atoms with van der Waals surface area (Å²) in [5.74, 6) is 0.817. The van der Waals surface area contributed by atoms with E-state index in [1.807, 2.05) is 23.8 Å². The van der Waals surface area contributed by atoms with Gasteiger partial charge in [0, 0.05) is 34.7 Å². The number of hydrogen-bond acceptors (Lipinski definition) is 3. The summed E-state index contributed by atoms with van der Waals surface area (Å²) in [6.45, 7) is 1.88. The van der Waals surface area contributed by atoms with Crippen LogP contribution in [0.1, 0.15) is 5.82 Å². The molecular formula is C12H10ClN3O2S. The van der Waals surface area contributed by atoms with Crippen LogP contribution >= 0.6 is 10.7 Å². The zero-order valence-electron chi connectivity index (χ0n) is 9.96. The highest BCUT2D eigenvalue weighted by Gasteiger charge is 2.18. The maximum atomic E-state index is 11.5. The number of fused-ring (bicyclic) bond motifs is 1. The molecule has 0 saturated heterocycles. The van der Waals surface area contributed by atoms with Crippen LogP contribution in [0.15, 0.2) is 41.7 Å². The summed E-state index contributed by atoms with van der Waals surface area (Å²) in [4.78, 5) is 7.21. The van der Waals surface area contributed by atoms with Gasteiger partial charge in [0.15, 0.2) is 0 Å². The normalized spacial score (nSPS) is 12.1. The van der Waals surface area contributed by atoms with Crippen molar-refractivity contribution in [3.63, 3.8) is 0 Å². The van der Waals surface area contributed by atoms with E-state index in [-0.39, 0.29) is 4.90 Å². The summed E-state index contributed by atoms with van der Waals surface area (Å²) in [7, 11) is 1.65. The fourth-order valence-corrected chi connectivity index (χ4v) is 3.16. The number of imidazole rings is 1. The van der Waals surface area contributed by atoms with Crippen LogP contribution in [0.5, 0.6) is 0 Å². The second-order valence-electron chi connectivity index (χ2n) is 4.13. The molecule has 0 aliphatic heterocycles. The largest absolute Gasteiger partial charge is 0.358 e. The molecule has 0 fully saturated rings. The molecule has 3 rings (SSSR count). The van der Waals surface area contributed by atoms with Crippen LogP contribution in [0.2, 0.25) is 0 Å². The van der Waals surface area contributed by atoms with E-state index >= 15 is 0 Å². The second-order valence-corrected chi connectivity index (χ2v) is 6.67. The molecule has 3 aromatic rings. The third-order valence-corrected chi connectivity index (χ3v) is 4.37. The fourth-order valence-electron chi connectivity index (χ4n) is 2.15. The molecule has 98 valence electrons. The number of rotatable bonds is 2. The van der Waals surface area contributed by atoms with E-state index in [4.69, 9.17) is 10.7 Å². The summed E-state index contributed by atoms with van der Waals surface area (Å²) in [5, 5.41) is 0.570. The lowest BCUT2D eigenvalue weighted by atomic mass is 10.2. The topological polar surface area (TPSA) is 67.8 Å². The van der Waals surface area contributed by atoms with Crippen molar-refractivity contribution in [2.24, 2.45) is 0 Å². The van der Waals surface area contributed by atoms with Crippen LogP contribution in [-0.2, 0) is 9.05 Å². The smallest absolute Gasteiger partial charge is 0.263 e. The SMILES string of the molecule is Cc1nccn1-c1cccc2c(S(=O)(=O)Cl)c[nH]c12. The first-order valence-electron chi connectivity index (χ1n) is 5.53. The van der Waals surface area contributed by atoms with Gasteiger partial charge >= 0.3 is 0 Å². The maximum Gasteiger partial charge on any atom is 0.263 e. The Kier molecular flexibility index (Phi) is 2.65. The second kappa shape index (κ2) is 4.11. The molecule has 0 spiro atoms. The lowest BCUT2D eigenvalue weighted by molar-refractivity contribution is 0.610. The molecule has 0 amide bonds. The summed E-state index contributed by atoms with van der Waals surface area (Å²) >= 11 is 0. The third-order valence-electron chi connectivity index (χ3n) is 3.00. The minimum Gasteiger partial charge on any atom is -0.358 e. The molecule has 0 saturated carbocycles. The van der Waals surface area contributed by atoms with Crippen molar-refractivity contribution in [2.45, 2.75) is 11.8 Å². The Morgan fingerprint density at radius 2 is 2.16 bits per heavy atom. The third kappa shape index (κ3) is 1.93. The first-order chi connectivity index (χ1) is 8.98. The van der Waals surface area contributed by atoms with Gasteiger partial charge < -0.3 is 9.55 Å². The van der Waals surface area contributed by atoms with Gasteiger partial charge in [-0.3, -0.25) is 0 Å². The van der Waals surface area contributed by atoms with Crippen molar-refractivity contribution in [3.05, 3.63) is 42.6 Å². The van der Waals surface area contributed by atoms with Crippen LogP contribution in [-0.4, -0.2) is 23.0 Å². The molecule has 0 aliphatic rings. The Bertz CT molecular complexity index is 864. The van der Waals surface area contributed by atoms with Crippen molar-refractivity contribution in [3.8, 4) is 5.69 Å². The van der Waals surface area contributed by atoms with E-state index in [9.17, 15) is 8.42 Å². The van der Waals surface area contributed by atoms with Gasteiger partial charge in [0.05, 0.1) is 11.2 Å². The Morgan fingerprint density at radius 3 is 2.79 bits per heavy atom. The number of H-pyrrole nitrogens is 1. The summed E-state index contributed by atoms with van der Waals surface area (Å²) in [5.41, 5.74) is 1.54. The summed E-state index contributed by atoms with van der Waals surface area (Å²) < 4.78 is 24.9. The molecule has 5 nitrogen and oxygen atoms in total. The van der Waals surface area contributed by atoms with E-state index in [1.54, 1.807) is 18.3 Å². The van der Waals surface area contributed by atoms with Crippen LogP contribution in [0.4, 0.5) is 0 Å². The lowest BCUT2D eigenvalue weighted by Crippen LogP contribution is -1.96. The van der Waals surface area contributed by atoms with E-state index < -0.39 is 9.05 Å². The van der Waals surface area contributed by atoms with Gasteiger partial charge in [-0.25, -0.2) is 13.4 Å². The van der Waals surface area contributed by atoms with Crippen LogP contribution in [0.25, 0.3) is 16.6 Å². The number of aryl methyl sites for hydroxylation is 1. The quantitative estimate of drug-likeness (QED) is 0.739. The number of nitrogens with zero attached hydrogens (tertiary/aromatic N) is 2. The van der Waals surface area contributed by atoms with Gasteiger partial charge in [0.1, 0.15) is 10.7 Å². The number of para-hydroxylation sites is 1. The average Bonchev–Trinajstić information content (AvgIpc) is 2.93. The first-order valence-corrected chi connectivity index (χ1v) is 7.84. The molecule has 7 heteroatoms. The zero-order chi connectivity index (χ0) is 13.6. The number of halogens is 1. The van der Waals surface area contributed by atoms with Crippen molar-refractivity contribution < 1.29 is 8.42 Å². The van der Waals surface area contributed by atoms with Crippen molar-refractivity contribution in [1.29, 1.82) is 0 Å². The van der Waals surface area contributed by atoms with Gasteiger partial charge in [0.2, 0.25) is 0 Å². The predicted molar refractivity (Wildman–Crippen MR) is 73.2 cm³/mol.